The molecule has 3 fully saturated rings. The van der Waals surface area contributed by atoms with Gasteiger partial charge in [-0.3, -0.25) is 4.79 Å². The molecule has 0 radical (unpaired) electrons. The minimum Gasteiger partial charge on any atom is -0.466 e. The summed E-state index contributed by atoms with van der Waals surface area (Å²) < 4.78 is 5.34. The number of fused-ring (bicyclic) bond motifs is 3. The topological polar surface area (TPSA) is 26.3 Å². The normalized spacial score (nSPS) is 51.6. The van der Waals surface area contributed by atoms with Gasteiger partial charge in [-0.2, -0.15) is 0 Å². The molecule has 6 atom stereocenters. The first kappa shape index (κ1) is 11.6. The molecule has 0 bridgehead atoms. The Labute approximate surface area is 104 Å². The number of carbonyl (C=O) groups excluding carboxylic acids is 1. The van der Waals surface area contributed by atoms with Crippen molar-refractivity contribution in [2.75, 3.05) is 6.61 Å². The van der Waals surface area contributed by atoms with Crippen LogP contribution >= 0.6 is 0 Å². The second-order valence-corrected chi connectivity index (χ2v) is 6.86. The predicted molar refractivity (Wildman–Crippen MR) is 66.3 cm³/mol. The number of hydrogen-bond donors (Lipinski definition) is 0. The summed E-state index contributed by atoms with van der Waals surface area (Å²) in [6.07, 6.45) is 5.56. The third-order valence-corrected chi connectivity index (χ3v) is 6.23. The number of hydrogen-bond acceptors (Lipinski definition) is 2. The average Bonchev–Trinajstić information content (AvgIpc) is 2.69. The molecule has 0 N–H and O–H groups in total. The number of esters is 1. The monoisotopic (exact) mass is 236 g/mol. The van der Waals surface area contributed by atoms with E-state index in [4.69, 9.17) is 4.74 Å². The zero-order chi connectivity index (χ0) is 12.2. The van der Waals surface area contributed by atoms with Gasteiger partial charge in [-0.15, -0.1) is 0 Å². The Morgan fingerprint density at radius 3 is 2.65 bits per heavy atom. The van der Waals surface area contributed by atoms with Gasteiger partial charge in [0.05, 0.1) is 6.61 Å². The zero-order valence-electron chi connectivity index (χ0n) is 11.2. The van der Waals surface area contributed by atoms with Crippen molar-refractivity contribution in [3.8, 4) is 0 Å². The lowest BCUT2D eigenvalue weighted by Gasteiger charge is -2.47. The predicted octanol–water partition coefficient (Wildman–Crippen LogP) is 3.26. The Morgan fingerprint density at radius 2 is 2.06 bits per heavy atom. The van der Waals surface area contributed by atoms with E-state index in [0.29, 0.717) is 17.9 Å². The van der Waals surface area contributed by atoms with Gasteiger partial charge in [0.1, 0.15) is 0 Å². The molecule has 1 unspecified atom stereocenters. The van der Waals surface area contributed by atoms with Gasteiger partial charge in [0.15, 0.2) is 0 Å². The molecule has 0 aliphatic heterocycles. The summed E-state index contributed by atoms with van der Waals surface area (Å²) in [5.74, 6) is 3.95. The van der Waals surface area contributed by atoms with Gasteiger partial charge >= 0.3 is 5.97 Å². The second-order valence-electron chi connectivity index (χ2n) is 6.86. The Balaban J connectivity index is 1.80. The van der Waals surface area contributed by atoms with E-state index in [1.807, 2.05) is 0 Å². The third-order valence-electron chi connectivity index (χ3n) is 6.23. The van der Waals surface area contributed by atoms with Gasteiger partial charge in [-0.05, 0) is 54.3 Å². The highest BCUT2D eigenvalue weighted by molar-refractivity contribution is 5.65. The van der Waals surface area contributed by atoms with Gasteiger partial charge < -0.3 is 4.74 Å². The van der Waals surface area contributed by atoms with Crippen LogP contribution in [0.3, 0.4) is 0 Å². The molecule has 3 rings (SSSR count). The standard InChI is InChI=1S/C15H24O2/c1-9-4-5-13-14(9)11(8-17-10(2)16)12-6-7-15(12,13)3/h9,11-14H,4-8H2,1-3H3/t9-,11?,12+,13+,14-,15+/m1/s1. The van der Waals surface area contributed by atoms with E-state index in [0.717, 1.165) is 23.7 Å². The minimum absolute atomic E-state index is 0.111. The van der Waals surface area contributed by atoms with Gasteiger partial charge in [0.2, 0.25) is 0 Å². The van der Waals surface area contributed by atoms with Crippen molar-refractivity contribution in [1.82, 2.24) is 0 Å². The zero-order valence-corrected chi connectivity index (χ0v) is 11.2. The highest BCUT2D eigenvalue weighted by Gasteiger charge is 2.64. The Morgan fingerprint density at radius 1 is 1.29 bits per heavy atom. The fourth-order valence-electron chi connectivity index (χ4n) is 5.35. The van der Waals surface area contributed by atoms with E-state index in [9.17, 15) is 4.79 Å². The number of ether oxygens (including phenoxy) is 1. The number of rotatable bonds is 2. The fourth-order valence-corrected chi connectivity index (χ4v) is 5.35. The molecule has 3 aliphatic rings. The van der Waals surface area contributed by atoms with E-state index in [1.165, 1.54) is 32.6 Å². The van der Waals surface area contributed by atoms with Crippen LogP contribution in [0.5, 0.6) is 0 Å². The molecule has 0 aromatic rings. The van der Waals surface area contributed by atoms with Crippen LogP contribution in [0.1, 0.15) is 46.5 Å². The van der Waals surface area contributed by atoms with Crippen molar-refractivity contribution >= 4 is 5.97 Å². The van der Waals surface area contributed by atoms with E-state index >= 15 is 0 Å². The van der Waals surface area contributed by atoms with Crippen LogP contribution in [0, 0.1) is 35.0 Å². The molecule has 17 heavy (non-hydrogen) atoms. The summed E-state index contributed by atoms with van der Waals surface area (Å²) in [6, 6.07) is 0. The Bertz CT molecular complexity index is 338. The molecule has 0 aromatic carbocycles. The first-order valence-electron chi connectivity index (χ1n) is 7.17. The van der Waals surface area contributed by atoms with Gasteiger partial charge in [0.25, 0.3) is 0 Å². The molecule has 3 saturated carbocycles. The quantitative estimate of drug-likeness (QED) is 0.688. The highest BCUT2D eigenvalue weighted by atomic mass is 16.5. The minimum atomic E-state index is -0.111. The first-order chi connectivity index (χ1) is 8.04. The van der Waals surface area contributed by atoms with Gasteiger partial charge in [-0.1, -0.05) is 20.3 Å². The molecule has 96 valence electrons. The van der Waals surface area contributed by atoms with Crippen molar-refractivity contribution in [3.63, 3.8) is 0 Å². The van der Waals surface area contributed by atoms with Crippen LogP contribution in [0.2, 0.25) is 0 Å². The largest absolute Gasteiger partial charge is 0.466 e. The van der Waals surface area contributed by atoms with Crippen molar-refractivity contribution in [1.29, 1.82) is 0 Å². The van der Waals surface area contributed by atoms with Gasteiger partial charge in [-0.25, -0.2) is 0 Å². The Hall–Kier alpha value is -0.530. The van der Waals surface area contributed by atoms with Crippen LogP contribution in [0.15, 0.2) is 0 Å². The summed E-state index contributed by atoms with van der Waals surface area (Å²) in [7, 11) is 0. The van der Waals surface area contributed by atoms with Crippen molar-refractivity contribution in [3.05, 3.63) is 0 Å². The fraction of sp³-hybridized carbons (Fsp3) is 0.933. The summed E-state index contributed by atoms with van der Waals surface area (Å²) in [4.78, 5) is 11.0. The van der Waals surface area contributed by atoms with Crippen LogP contribution in [-0.4, -0.2) is 12.6 Å². The molecule has 0 saturated heterocycles. The van der Waals surface area contributed by atoms with E-state index in [1.54, 1.807) is 0 Å². The molecule has 2 heteroatoms. The summed E-state index contributed by atoms with van der Waals surface area (Å²) in [5.41, 5.74) is 0.584. The second kappa shape index (κ2) is 3.73. The molecular weight excluding hydrogens is 212 g/mol. The summed E-state index contributed by atoms with van der Waals surface area (Å²) >= 11 is 0. The van der Waals surface area contributed by atoms with Crippen molar-refractivity contribution in [2.45, 2.75) is 46.5 Å². The lowest BCUT2D eigenvalue weighted by atomic mass is 9.58. The Kier molecular flexibility index (Phi) is 2.53. The van der Waals surface area contributed by atoms with Crippen LogP contribution in [0.4, 0.5) is 0 Å². The maximum absolute atomic E-state index is 11.0. The molecule has 0 aromatic heterocycles. The highest BCUT2D eigenvalue weighted by Crippen LogP contribution is 2.70. The SMILES string of the molecule is CC(=O)OCC1[C@H]2[C@H](C)CC[C@@H]2[C@@]2(C)CC[C@@H]12. The number of carbonyl (C=O) groups is 1. The van der Waals surface area contributed by atoms with E-state index in [2.05, 4.69) is 13.8 Å². The van der Waals surface area contributed by atoms with Crippen LogP contribution in [-0.2, 0) is 9.53 Å². The average molecular weight is 236 g/mol. The maximum atomic E-state index is 11.0. The van der Waals surface area contributed by atoms with E-state index in [-0.39, 0.29) is 5.97 Å². The molecule has 0 spiro atoms. The molecule has 3 aliphatic carbocycles. The lowest BCUT2D eigenvalue weighted by Crippen LogP contribution is -2.40. The molecular formula is C15H24O2. The summed E-state index contributed by atoms with van der Waals surface area (Å²) in [6.45, 7) is 7.11. The summed E-state index contributed by atoms with van der Waals surface area (Å²) in [5, 5.41) is 0. The smallest absolute Gasteiger partial charge is 0.302 e. The third kappa shape index (κ3) is 1.49. The molecule has 0 heterocycles. The molecule has 0 amide bonds. The van der Waals surface area contributed by atoms with Crippen LogP contribution < -0.4 is 0 Å². The van der Waals surface area contributed by atoms with Crippen LogP contribution in [0.25, 0.3) is 0 Å². The van der Waals surface area contributed by atoms with Crippen molar-refractivity contribution < 1.29 is 9.53 Å². The van der Waals surface area contributed by atoms with E-state index < -0.39 is 0 Å². The first-order valence-corrected chi connectivity index (χ1v) is 7.17. The lowest BCUT2D eigenvalue weighted by molar-refractivity contribution is -0.144. The van der Waals surface area contributed by atoms with Gasteiger partial charge in [0, 0.05) is 6.92 Å². The molecule has 2 nitrogen and oxygen atoms in total. The van der Waals surface area contributed by atoms with Crippen molar-refractivity contribution in [2.24, 2.45) is 35.0 Å². The maximum Gasteiger partial charge on any atom is 0.302 e.